The van der Waals surface area contributed by atoms with E-state index in [-0.39, 0.29) is 17.9 Å². The highest BCUT2D eigenvalue weighted by Crippen LogP contribution is 2.19. The Bertz CT molecular complexity index is 403. The normalized spacial score (nSPS) is 11.7. The molecule has 0 amide bonds. The molecule has 4 nitrogen and oxygen atoms in total. The molecule has 0 saturated carbocycles. The summed E-state index contributed by atoms with van der Waals surface area (Å²) in [7, 11) is 1.51. The van der Waals surface area contributed by atoms with E-state index >= 15 is 0 Å². The van der Waals surface area contributed by atoms with Gasteiger partial charge in [0.15, 0.2) is 0 Å². The number of nitrogens with zero attached hydrogens (tertiary/aromatic N) is 1. The summed E-state index contributed by atoms with van der Waals surface area (Å²) in [5.41, 5.74) is 1.89. The average molecular weight is 308 g/mol. The lowest BCUT2D eigenvalue weighted by Crippen LogP contribution is -2.33. The van der Waals surface area contributed by atoms with Crippen LogP contribution in [-0.2, 0) is 4.74 Å². The Hall–Kier alpha value is -1.05. The highest BCUT2D eigenvalue weighted by atomic mass is 79.9. The monoisotopic (exact) mass is 307 g/mol. The van der Waals surface area contributed by atoms with Crippen molar-refractivity contribution in [2.24, 2.45) is 10.8 Å². The summed E-state index contributed by atoms with van der Waals surface area (Å²) in [5, 5.41) is 0. The second-order valence-corrected chi connectivity index (χ2v) is 4.03. The maximum atomic E-state index is 13.6. The molecular formula is C10H12BrF2N3O. The molecule has 0 fully saturated rings. The largest absolute Gasteiger partial charge is 0.383 e. The molecule has 1 aromatic carbocycles. The van der Waals surface area contributed by atoms with Gasteiger partial charge < -0.3 is 10.2 Å². The van der Waals surface area contributed by atoms with Gasteiger partial charge in [-0.3, -0.25) is 4.99 Å². The lowest BCUT2D eigenvalue weighted by atomic mass is 10.2. The number of benzene rings is 1. The lowest BCUT2D eigenvalue weighted by molar-refractivity contribution is 0.208. The fraction of sp³-hybridized carbons (Fsp3) is 0.300. The van der Waals surface area contributed by atoms with Gasteiger partial charge >= 0.3 is 0 Å². The minimum Gasteiger partial charge on any atom is -0.383 e. The van der Waals surface area contributed by atoms with E-state index in [0.717, 1.165) is 12.1 Å². The molecule has 3 N–H and O–H groups in total. The Morgan fingerprint density at radius 3 is 2.53 bits per heavy atom. The van der Waals surface area contributed by atoms with E-state index in [2.05, 4.69) is 26.3 Å². The highest BCUT2D eigenvalue weighted by Gasteiger charge is 2.15. The third-order valence-corrected chi connectivity index (χ3v) is 2.40. The number of hydrazine groups is 1. The first-order valence-corrected chi connectivity index (χ1v) is 5.54. The smallest absolute Gasteiger partial charge is 0.148 e. The molecule has 0 aliphatic carbocycles. The topological polar surface area (TPSA) is 59.6 Å². The summed E-state index contributed by atoms with van der Waals surface area (Å²) >= 11 is 2.99. The van der Waals surface area contributed by atoms with Gasteiger partial charge in [-0.05, 0) is 12.1 Å². The van der Waals surface area contributed by atoms with Crippen LogP contribution in [0.4, 0.5) is 8.78 Å². The summed E-state index contributed by atoms with van der Waals surface area (Å²) in [6.45, 7) is 0.593. The van der Waals surface area contributed by atoms with E-state index in [1.165, 1.54) is 7.11 Å². The average Bonchev–Trinajstić information content (AvgIpc) is 2.25. The van der Waals surface area contributed by atoms with Gasteiger partial charge in [-0.1, -0.05) is 15.9 Å². The fourth-order valence-electron chi connectivity index (χ4n) is 1.21. The zero-order valence-corrected chi connectivity index (χ0v) is 10.7. The van der Waals surface area contributed by atoms with Gasteiger partial charge in [-0.25, -0.2) is 14.6 Å². The molecule has 17 heavy (non-hydrogen) atoms. The number of hydrogen-bond acceptors (Lipinski definition) is 3. The molecule has 0 heterocycles. The minimum atomic E-state index is -0.744. The van der Waals surface area contributed by atoms with Gasteiger partial charge in [0, 0.05) is 11.6 Å². The molecule has 0 radical (unpaired) electrons. The Balaban J connectivity index is 3.07. The van der Waals surface area contributed by atoms with E-state index in [0.29, 0.717) is 11.1 Å². The van der Waals surface area contributed by atoms with Crippen LogP contribution in [0.25, 0.3) is 0 Å². The molecule has 0 aromatic heterocycles. The van der Waals surface area contributed by atoms with Crippen molar-refractivity contribution in [3.8, 4) is 0 Å². The fourth-order valence-corrected chi connectivity index (χ4v) is 1.62. The van der Waals surface area contributed by atoms with Crippen molar-refractivity contribution in [3.05, 3.63) is 33.8 Å². The molecule has 1 aromatic rings. The number of rotatable bonds is 4. The van der Waals surface area contributed by atoms with Crippen molar-refractivity contribution in [2.45, 2.75) is 0 Å². The summed E-state index contributed by atoms with van der Waals surface area (Å²) in [5.74, 6) is 3.66. The number of methoxy groups -OCH3 is 1. The van der Waals surface area contributed by atoms with Crippen molar-refractivity contribution in [2.75, 3.05) is 20.3 Å². The van der Waals surface area contributed by atoms with Gasteiger partial charge in [-0.15, -0.1) is 0 Å². The quantitative estimate of drug-likeness (QED) is 0.292. The second-order valence-electron chi connectivity index (χ2n) is 3.11. The third kappa shape index (κ3) is 3.72. The molecule has 1 rings (SSSR count). The SMILES string of the molecule is COCCN=C(NN)c1c(F)cc(Br)cc1F. The standard InChI is InChI=1S/C10H12BrF2N3O/c1-17-3-2-15-10(16-14)9-7(12)4-6(11)5-8(9)13/h4-5H,2-3,14H2,1H3,(H,15,16). The Labute approximate surface area is 106 Å². The number of ether oxygens (including phenoxy) is 1. The van der Waals surface area contributed by atoms with Crippen LogP contribution in [0.1, 0.15) is 5.56 Å². The van der Waals surface area contributed by atoms with Crippen LogP contribution in [0.5, 0.6) is 0 Å². The first kappa shape index (κ1) is 14.0. The van der Waals surface area contributed by atoms with E-state index in [4.69, 9.17) is 10.6 Å². The summed E-state index contributed by atoms with van der Waals surface area (Å²) in [6.07, 6.45) is 0. The van der Waals surface area contributed by atoms with E-state index in [1.54, 1.807) is 0 Å². The molecule has 0 aliphatic rings. The van der Waals surface area contributed by atoms with Gasteiger partial charge in [0.05, 0.1) is 18.7 Å². The van der Waals surface area contributed by atoms with Crippen LogP contribution >= 0.6 is 15.9 Å². The molecule has 0 bridgehead atoms. The second kappa shape index (κ2) is 6.63. The number of aliphatic imine (C=N–C) groups is 1. The molecular weight excluding hydrogens is 296 g/mol. The summed E-state index contributed by atoms with van der Waals surface area (Å²) < 4.78 is 32.3. The maximum Gasteiger partial charge on any atom is 0.148 e. The number of nitrogens with two attached hydrogens (primary N) is 1. The van der Waals surface area contributed by atoms with Crippen molar-refractivity contribution < 1.29 is 13.5 Å². The van der Waals surface area contributed by atoms with Crippen molar-refractivity contribution in [1.82, 2.24) is 5.43 Å². The van der Waals surface area contributed by atoms with Crippen LogP contribution in [0.2, 0.25) is 0 Å². The first-order valence-electron chi connectivity index (χ1n) is 4.75. The van der Waals surface area contributed by atoms with Gasteiger partial charge in [0.25, 0.3) is 0 Å². The van der Waals surface area contributed by atoms with E-state index in [1.807, 2.05) is 0 Å². The summed E-state index contributed by atoms with van der Waals surface area (Å²) in [6, 6.07) is 2.28. The van der Waals surface area contributed by atoms with Crippen LogP contribution < -0.4 is 11.3 Å². The first-order chi connectivity index (χ1) is 8.10. The highest BCUT2D eigenvalue weighted by molar-refractivity contribution is 9.10. The lowest BCUT2D eigenvalue weighted by Gasteiger charge is -2.09. The minimum absolute atomic E-state index is 0.0513. The number of nitrogens with one attached hydrogen (secondary N) is 1. The van der Waals surface area contributed by atoms with Crippen molar-refractivity contribution in [3.63, 3.8) is 0 Å². The number of hydrogen-bond donors (Lipinski definition) is 2. The van der Waals surface area contributed by atoms with Gasteiger partial charge in [-0.2, -0.15) is 0 Å². The maximum absolute atomic E-state index is 13.6. The van der Waals surface area contributed by atoms with Gasteiger partial charge in [0.1, 0.15) is 17.5 Å². The molecule has 0 spiro atoms. The molecule has 94 valence electrons. The van der Waals surface area contributed by atoms with Crippen molar-refractivity contribution >= 4 is 21.8 Å². The van der Waals surface area contributed by atoms with E-state index in [9.17, 15) is 8.78 Å². The Morgan fingerprint density at radius 2 is 2.06 bits per heavy atom. The van der Waals surface area contributed by atoms with Gasteiger partial charge in [0.2, 0.25) is 0 Å². The summed E-state index contributed by atoms with van der Waals surface area (Å²) in [4.78, 5) is 3.91. The number of halogens is 3. The Kier molecular flexibility index (Phi) is 5.46. The van der Waals surface area contributed by atoms with Crippen LogP contribution in [0.3, 0.4) is 0 Å². The molecule has 0 atom stereocenters. The predicted octanol–water partition coefficient (Wildman–Crippen LogP) is 1.58. The van der Waals surface area contributed by atoms with Crippen LogP contribution in [0, 0.1) is 11.6 Å². The van der Waals surface area contributed by atoms with Crippen LogP contribution in [0.15, 0.2) is 21.6 Å². The number of amidine groups is 1. The Morgan fingerprint density at radius 1 is 1.47 bits per heavy atom. The molecule has 7 heteroatoms. The molecule has 0 saturated heterocycles. The molecule has 0 unspecified atom stereocenters. The van der Waals surface area contributed by atoms with E-state index < -0.39 is 11.6 Å². The molecule has 0 aliphatic heterocycles. The predicted molar refractivity (Wildman–Crippen MR) is 64.7 cm³/mol. The van der Waals surface area contributed by atoms with Crippen molar-refractivity contribution in [1.29, 1.82) is 0 Å². The zero-order valence-electron chi connectivity index (χ0n) is 9.14. The van der Waals surface area contributed by atoms with Crippen LogP contribution in [-0.4, -0.2) is 26.1 Å². The third-order valence-electron chi connectivity index (χ3n) is 1.95. The zero-order chi connectivity index (χ0) is 12.8.